The Bertz CT molecular complexity index is 455. The number of carbonyl (C=O) groups excluding carboxylic acids is 1. The summed E-state index contributed by atoms with van der Waals surface area (Å²) in [6.45, 7) is 4.80. The lowest BCUT2D eigenvalue weighted by atomic mass is 10.2. The van der Waals surface area contributed by atoms with Crippen molar-refractivity contribution in [3.63, 3.8) is 0 Å². The molecule has 5 heteroatoms. The molecule has 0 bridgehead atoms. The van der Waals surface area contributed by atoms with Gasteiger partial charge in [-0.2, -0.15) is 0 Å². The number of hydrogen-bond donors (Lipinski definition) is 0. The third kappa shape index (κ3) is 3.99. The van der Waals surface area contributed by atoms with Gasteiger partial charge in [0.2, 0.25) is 0 Å². The Kier molecular flexibility index (Phi) is 6.39. The van der Waals surface area contributed by atoms with Crippen LogP contribution < -0.4 is 0 Å². The molecule has 1 amide bonds. The van der Waals surface area contributed by atoms with Crippen molar-refractivity contribution >= 4 is 33.6 Å². The first-order valence-corrected chi connectivity index (χ1v) is 9.31. The SMILES string of the molecule is CSc1ccccc1C(=O)N1CCCN(CCBr)CC1. The second-order valence-corrected chi connectivity index (χ2v) is 6.52. The van der Waals surface area contributed by atoms with Crippen LogP contribution in [0.5, 0.6) is 0 Å². The topological polar surface area (TPSA) is 23.6 Å². The fourth-order valence-electron chi connectivity index (χ4n) is 2.51. The van der Waals surface area contributed by atoms with Gasteiger partial charge in [-0.25, -0.2) is 0 Å². The van der Waals surface area contributed by atoms with Gasteiger partial charge in [0.1, 0.15) is 0 Å². The first-order valence-electron chi connectivity index (χ1n) is 6.97. The van der Waals surface area contributed by atoms with Crippen molar-refractivity contribution in [2.45, 2.75) is 11.3 Å². The molecule has 1 aromatic rings. The van der Waals surface area contributed by atoms with Crippen LogP contribution in [0.25, 0.3) is 0 Å². The van der Waals surface area contributed by atoms with Crippen LogP contribution in [0.3, 0.4) is 0 Å². The molecular weight excluding hydrogens is 336 g/mol. The predicted octanol–water partition coefficient (Wildman–Crippen LogP) is 2.95. The number of halogens is 1. The predicted molar refractivity (Wildman–Crippen MR) is 89.0 cm³/mol. The lowest BCUT2D eigenvalue weighted by Gasteiger charge is -2.22. The van der Waals surface area contributed by atoms with Crippen molar-refractivity contribution in [3.8, 4) is 0 Å². The van der Waals surface area contributed by atoms with Crippen molar-refractivity contribution in [1.29, 1.82) is 0 Å². The highest BCUT2D eigenvalue weighted by Crippen LogP contribution is 2.21. The summed E-state index contributed by atoms with van der Waals surface area (Å²) in [6, 6.07) is 7.90. The molecule has 1 aliphatic heterocycles. The molecule has 3 nitrogen and oxygen atoms in total. The first-order chi connectivity index (χ1) is 9.76. The third-order valence-corrected chi connectivity index (χ3v) is 4.76. The van der Waals surface area contributed by atoms with Gasteiger partial charge in [0.05, 0.1) is 5.56 Å². The molecule has 1 fully saturated rings. The summed E-state index contributed by atoms with van der Waals surface area (Å²) in [4.78, 5) is 18.2. The van der Waals surface area contributed by atoms with Gasteiger partial charge in [0, 0.05) is 36.4 Å². The molecular formula is C15H21BrN2OS. The Hall–Kier alpha value is -0.520. The average molecular weight is 357 g/mol. The maximum Gasteiger partial charge on any atom is 0.255 e. The molecule has 0 saturated carbocycles. The zero-order valence-electron chi connectivity index (χ0n) is 11.8. The first kappa shape index (κ1) is 15.9. The van der Waals surface area contributed by atoms with Crippen molar-refractivity contribution in [2.24, 2.45) is 0 Å². The van der Waals surface area contributed by atoms with Crippen LogP contribution in [0.15, 0.2) is 29.2 Å². The molecule has 2 rings (SSSR count). The summed E-state index contributed by atoms with van der Waals surface area (Å²) >= 11 is 5.12. The van der Waals surface area contributed by atoms with Crippen LogP contribution in [0.4, 0.5) is 0 Å². The number of alkyl halides is 1. The molecule has 0 aromatic heterocycles. The highest BCUT2D eigenvalue weighted by atomic mass is 79.9. The number of hydrogen-bond acceptors (Lipinski definition) is 3. The number of amides is 1. The monoisotopic (exact) mass is 356 g/mol. The second kappa shape index (κ2) is 8.05. The van der Waals surface area contributed by atoms with Crippen LogP contribution in [0, 0.1) is 0 Å². The van der Waals surface area contributed by atoms with E-state index in [0.29, 0.717) is 0 Å². The van der Waals surface area contributed by atoms with Crippen molar-refractivity contribution in [1.82, 2.24) is 9.80 Å². The van der Waals surface area contributed by atoms with E-state index >= 15 is 0 Å². The Labute approximate surface area is 133 Å². The Morgan fingerprint density at radius 3 is 2.80 bits per heavy atom. The van der Waals surface area contributed by atoms with E-state index in [1.165, 1.54) is 0 Å². The molecule has 1 aromatic carbocycles. The molecule has 1 aliphatic rings. The van der Waals surface area contributed by atoms with E-state index in [2.05, 4.69) is 20.8 Å². The van der Waals surface area contributed by atoms with Crippen molar-refractivity contribution in [3.05, 3.63) is 29.8 Å². The summed E-state index contributed by atoms with van der Waals surface area (Å²) in [7, 11) is 0. The standard InChI is InChI=1S/C15H21BrN2OS/c1-20-14-6-3-2-5-13(14)15(19)18-9-4-8-17(10-7-16)11-12-18/h2-3,5-6H,4,7-12H2,1H3. The van der Waals surface area contributed by atoms with Crippen LogP contribution in [0.2, 0.25) is 0 Å². The summed E-state index contributed by atoms with van der Waals surface area (Å²) in [6.07, 6.45) is 3.08. The van der Waals surface area contributed by atoms with Crippen molar-refractivity contribution in [2.75, 3.05) is 44.3 Å². The molecule has 0 spiro atoms. The number of carbonyl (C=O) groups is 1. The van der Waals surface area contributed by atoms with E-state index in [-0.39, 0.29) is 5.91 Å². The summed E-state index contributed by atoms with van der Waals surface area (Å²) < 4.78 is 0. The minimum absolute atomic E-state index is 0.177. The van der Waals surface area contributed by atoms with Gasteiger partial charge in [0.15, 0.2) is 0 Å². The van der Waals surface area contributed by atoms with Crippen molar-refractivity contribution < 1.29 is 4.79 Å². The van der Waals surface area contributed by atoms with E-state index in [1.54, 1.807) is 11.8 Å². The zero-order chi connectivity index (χ0) is 14.4. The van der Waals surface area contributed by atoms with E-state index in [0.717, 1.165) is 54.9 Å². The van der Waals surface area contributed by atoms with Gasteiger partial charge < -0.3 is 9.80 Å². The quantitative estimate of drug-likeness (QED) is 0.612. The maximum atomic E-state index is 12.7. The van der Waals surface area contributed by atoms with Gasteiger partial charge in [-0.1, -0.05) is 28.1 Å². The normalized spacial score (nSPS) is 17.0. The van der Waals surface area contributed by atoms with Gasteiger partial charge in [0.25, 0.3) is 5.91 Å². The minimum Gasteiger partial charge on any atom is -0.337 e. The number of thioether (sulfide) groups is 1. The maximum absolute atomic E-state index is 12.7. The van der Waals surface area contributed by atoms with Crippen LogP contribution in [0.1, 0.15) is 16.8 Å². The van der Waals surface area contributed by atoms with Crippen LogP contribution >= 0.6 is 27.7 Å². The molecule has 0 aliphatic carbocycles. The summed E-state index contributed by atoms with van der Waals surface area (Å²) in [5.41, 5.74) is 0.842. The molecule has 110 valence electrons. The summed E-state index contributed by atoms with van der Waals surface area (Å²) in [5.74, 6) is 0.177. The second-order valence-electron chi connectivity index (χ2n) is 4.88. The average Bonchev–Trinajstić information content (AvgIpc) is 2.72. The van der Waals surface area contributed by atoms with E-state index < -0.39 is 0 Å². The Morgan fingerprint density at radius 1 is 1.25 bits per heavy atom. The van der Waals surface area contributed by atoms with Crippen LogP contribution in [-0.2, 0) is 0 Å². The fourth-order valence-corrected chi connectivity index (χ4v) is 3.60. The van der Waals surface area contributed by atoms with E-state index in [1.807, 2.05) is 35.4 Å². The number of benzene rings is 1. The minimum atomic E-state index is 0.177. The third-order valence-electron chi connectivity index (χ3n) is 3.61. The largest absolute Gasteiger partial charge is 0.337 e. The van der Waals surface area contributed by atoms with Gasteiger partial charge in [-0.3, -0.25) is 4.79 Å². The molecule has 20 heavy (non-hydrogen) atoms. The van der Waals surface area contributed by atoms with Gasteiger partial charge in [-0.05, 0) is 31.4 Å². The summed E-state index contributed by atoms with van der Waals surface area (Å²) in [5, 5.41) is 0.996. The van der Waals surface area contributed by atoms with Crippen LogP contribution in [-0.4, -0.2) is 60.0 Å². The molecule has 0 unspecified atom stereocenters. The van der Waals surface area contributed by atoms with E-state index in [9.17, 15) is 4.79 Å². The molecule has 1 saturated heterocycles. The molecule has 0 atom stereocenters. The van der Waals surface area contributed by atoms with E-state index in [4.69, 9.17) is 0 Å². The van der Waals surface area contributed by atoms with Gasteiger partial charge >= 0.3 is 0 Å². The lowest BCUT2D eigenvalue weighted by Crippen LogP contribution is -2.35. The Balaban J connectivity index is 2.05. The zero-order valence-corrected chi connectivity index (χ0v) is 14.3. The molecule has 1 heterocycles. The lowest BCUT2D eigenvalue weighted by molar-refractivity contribution is 0.0758. The highest BCUT2D eigenvalue weighted by Gasteiger charge is 2.21. The van der Waals surface area contributed by atoms with Gasteiger partial charge in [-0.15, -0.1) is 11.8 Å². The molecule has 0 radical (unpaired) electrons. The fraction of sp³-hybridized carbons (Fsp3) is 0.533. The number of nitrogens with zero attached hydrogens (tertiary/aromatic N) is 2. The Morgan fingerprint density at radius 2 is 2.05 bits per heavy atom. The highest BCUT2D eigenvalue weighted by molar-refractivity contribution is 9.09. The smallest absolute Gasteiger partial charge is 0.255 e. The molecule has 0 N–H and O–H groups in total. The number of rotatable bonds is 4.